The average Bonchev–Trinajstić information content (AvgIpc) is 2.55. The van der Waals surface area contributed by atoms with E-state index in [0.717, 1.165) is 15.7 Å². The first-order valence-electron chi connectivity index (χ1n) is 6.77. The molecule has 0 aromatic heterocycles. The van der Waals surface area contributed by atoms with Gasteiger partial charge >= 0.3 is 0 Å². The van der Waals surface area contributed by atoms with Crippen LogP contribution < -0.4 is 10.7 Å². The number of para-hydroxylation sites is 1. The first kappa shape index (κ1) is 16.0. The van der Waals surface area contributed by atoms with Crippen molar-refractivity contribution in [3.8, 4) is 0 Å². The minimum Gasteiger partial charge on any atom is -0.376 e. The summed E-state index contributed by atoms with van der Waals surface area (Å²) in [5.41, 5.74) is 4.42. The molecule has 1 amide bonds. The van der Waals surface area contributed by atoms with Crippen molar-refractivity contribution in [2.75, 3.05) is 11.9 Å². The second-order valence-electron chi connectivity index (χ2n) is 4.45. The number of hydrogen-bond donors (Lipinski definition) is 2. The third kappa shape index (κ3) is 5.93. The van der Waals surface area contributed by atoms with Crippen molar-refractivity contribution < 1.29 is 4.79 Å². The summed E-state index contributed by atoms with van der Waals surface area (Å²) < 4.78 is 0.773. The third-order valence-corrected chi connectivity index (χ3v) is 3.14. The summed E-state index contributed by atoms with van der Waals surface area (Å²) >= 11 is 3.39. The quantitative estimate of drug-likeness (QED) is 0.612. The fourth-order valence-electron chi connectivity index (χ4n) is 1.69. The molecular formula is C17H16BrN3O. The molecule has 112 valence electrons. The molecule has 0 aliphatic carbocycles. The lowest BCUT2D eigenvalue weighted by molar-refractivity contribution is -0.119. The Bertz CT molecular complexity index is 654. The second kappa shape index (κ2) is 8.79. The number of rotatable bonds is 6. The molecule has 0 aliphatic heterocycles. The number of allylic oxidation sites excluding steroid dienone is 1. The first-order valence-corrected chi connectivity index (χ1v) is 7.56. The molecule has 5 heteroatoms. The number of halogens is 1. The molecule has 0 atom stereocenters. The number of carbonyl (C=O) groups excluding carboxylic acids is 1. The van der Waals surface area contributed by atoms with Gasteiger partial charge in [0.25, 0.3) is 5.91 Å². The van der Waals surface area contributed by atoms with Gasteiger partial charge in [-0.1, -0.05) is 48.5 Å². The smallest absolute Gasteiger partial charge is 0.259 e. The molecule has 2 rings (SSSR count). The Balaban J connectivity index is 1.77. The minimum atomic E-state index is -0.208. The Kier molecular flexibility index (Phi) is 6.39. The van der Waals surface area contributed by atoms with Gasteiger partial charge in [-0.05, 0) is 39.7 Å². The van der Waals surface area contributed by atoms with Gasteiger partial charge in [0.05, 0.1) is 12.8 Å². The summed E-state index contributed by atoms with van der Waals surface area (Å²) in [7, 11) is 0. The molecule has 0 radical (unpaired) electrons. The van der Waals surface area contributed by atoms with Crippen LogP contribution in [0.4, 0.5) is 5.69 Å². The fraction of sp³-hybridized carbons (Fsp3) is 0.0588. The van der Waals surface area contributed by atoms with Gasteiger partial charge in [-0.15, -0.1) is 0 Å². The van der Waals surface area contributed by atoms with E-state index in [1.807, 2.05) is 66.7 Å². The van der Waals surface area contributed by atoms with E-state index in [0.29, 0.717) is 0 Å². The SMILES string of the molecule is O=C(CNc1ccccc1)N/N=C/C(Br)=C/c1ccccc1. The summed E-state index contributed by atoms with van der Waals surface area (Å²) in [5, 5.41) is 6.91. The lowest BCUT2D eigenvalue weighted by atomic mass is 10.2. The maximum absolute atomic E-state index is 11.6. The lowest BCUT2D eigenvalue weighted by Crippen LogP contribution is -2.25. The Morgan fingerprint density at radius 3 is 2.36 bits per heavy atom. The van der Waals surface area contributed by atoms with E-state index >= 15 is 0 Å². The summed E-state index contributed by atoms with van der Waals surface area (Å²) in [6.45, 7) is 0.168. The fourth-order valence-corrected chi connectivity index (χ4v) is 2.06. The van der Waals surface area contributed by atoms with E-state index in [2.05, 4.69) is 31.8 Å². The van der Waals surface area contributed by atoms with Crippen LogP contribution in [0.1, 0.15) is 5.56 Å². The minimum absolute atomic E-state index is 0.168. The standard InChI is InChI=1S/C17H16BrN3O/c18-15(11-14-7-3-1-4-8-14)12-20-21-17(22)13-19-16-9-5-2-6-10-16/h1-12,19H,13H2,(H,21,22)/b15-11-,20-12+. The van der Waals surface area contributed by atoms with E-state index in [9.17, 15) is 4.79 Å². The van der Waals surface area contributed by atoms with Crippen molar-refractivity contribution in [2.45, 2.75) is 0 Å². The lowest BCUT2D eigenvalue weighted by Gasteiger charge is -2.04. The van der Waals surface area contributed by atoms with Crippen LogP contribution in [-0.2, 0) is 4.79 Å². The number of hydrazone groups is 1. The molecule has 0 saturated heterocycles. The van der Waals surface area contributed by atoms with Crippen LogP contribution >= 0.6 is 15.9 Å². The Labute approximate surface area is 138 Å². The number of nitrogens with one attached hydrogen (secondary N) is 2. The molecule has 0 bridgehead atoms. The summed E-state index contributed by atoms with van der Waals surface area (Å²) in [6, 6.07) is 19.4. The van der Waals surface area contributed by atoms with Gasteiger partial charge in [0.15, 0.2) is 0 Å². The van der Waals surface area contributed by atoms with Crippen LogP contribution in [0.5, 0.6) is 0 Å². The average molecular weight is 358 g/mol. The molecule has 0 unspecified atom stereocenters. The molecular weight excluding hydrogens is 342 g/mol. The van der Waals surface area contributed by atoms with Crippen LogP contribution in [-0.4, -0.2) is 18.7 Å². The van der Waals surface area contributed by atoms with E-state index in [1.165, 1.54) is 0 Å². The maximum atomic E-state index is 11.6. The summed E-state index contributed by atoms with van der Waals surface area (Å²) in [4.78, 5) is 11.6. The van der Waals surface area contributed by atoms with Crippen molar-refractivity contribution in [3.05, 3.63) is 70.7 Å². The van der Waals surface area contributed by atoms with Crippen LogP contribution in [0.15, 0.2) is 70.2 Å². The van der Waals surface area contributed by atoms with Gasteiger partial charge < -0.3 is 5.32 Å². The number of anilines is 1. The van der Waals surface area contributed by atoms with Crippen molar-refractivity contribution in [1.82, 2.24) is 5.43 Å². The largest absolute Gasteiger partial charge is 0.376 e. The van der Waals surface area contributed by atoms with Crippen molar-refractivity contribution >= 4 is 39.8 Å². The maximum Gasteiger partial charge on any atom is 0.259 e. The number of amides is 1. The monoisotopic (exact) mass is 357 g/mol. The predicted molar refractivity (Wildman–Crippen MR) is 94.9 cm³/mol. The second-order valence-corrected chi connectivity index (χ2v) is 5.37. The van der Waals surface area contributed by atoms with Crippen LogP contribution in [0.3, 0.4) is 0 Å². The Morgan fingerprint density at radius 1 is 1.05 bits per heavy atom. The van der Waals surface area contributed by atoms with E-state index in [4.69, 9.17) is 0 Å². The molecule has 2 N–H and O–H groups in total. The molecule has 22 heavy (non-hydrogen) atoms. The first-order chi connectivity index (χ1) is 10.7. The van der Waals surface area contributed by atoms with Gasteiger partial charge in [-0.25, -0.2) is 5.43 Å². The van der Waals surface area contributed by atoms with Gasteiger partial charge in [0.1, 0.15) is 0 Å². The van der Waals surface area contributed by atoms with E-state index in [-0.39, 0.29) is 12.5 Å². The van der Waals surface area contributed by atoms with Crippen molar-refractivity contribution in [1.29, 1.82) is 0 Å². The van der Waals surface area contributed by atoms with Crippen LogP contribution in [0.25, 0.3) is 6.08 Å². The Morgan fingerprint density at radius 2 is 1.68 bits per heavy atom. The molecule has 0 heterocycles. The molecule has 0 aliphatic rings. The highest BCUT2D eigenvalue weighted by atomic mass is 79.9. The highest BCUT2D eigenvalue weighted by Gasteiger charge is 1.98. The molecule has 0 spiro atoms. The zero-order valence-electron chi connectivity index (χ0n) is 11.9. The van der Waals surface area contributed by atoms with Crippen LogP contribution in [0, 0.1) is 0 Å². The molecule has 4 nitrogen and oxygen atoms in total. The van der Waals surface area contributed by atoms with Crippen molar-refractivity contribution in [3.63, 3.8) is 0 Å². The van der Waals surface area contributed by atoms with Gasteiger partial charge in [-0.3, -0.25) is 4.79 Å². The molecule has 0 saturated carbocycles. The highest BCUT2D eigenvalue weighted by molar-refractivity contribution is 9.12. The predicted octanol–water partition coefficient (Wildman–Crippen LogP) is 3.64. The van der Waals surface area contributed by atoms with Crippen molar-refractivity contribution in [2.24, 2.45) is 5.10 Å². The van der Waals surface area contributed by atoms with Gasteiger partial charge in [-0.2, -0.15) is 5.10 Å². The van der Waals surface area contributed by atoms with E-state index < -0.39 is 0 Å². The zero-order valence-corrected chi connectivity index (χ0v) is 13.5. The highest BCUT2D eigenvalue weighted by Crippen LogP contribution is 2.09. The topological polar surface area (TPSA) is 53.5 Å². The van der Waals surface area contributed by atoms with E-state index in [1.54, 1.807) is 6.21 Å². The molecule has 2 aromatic rings. The summed E-state index contributed by atoms with van der Waals surface area (Å²) in [6.07, 6.45) is 3.46. The number of hydrogen-bond acceptors (Lipinski definition) is 3. The summed E-state index contributed by atoms with van der Waals surface area (Å²) in [5.74, 6) is -0.208. The number of benzene rings is 2. The normalized spacial score (nSPS) is 11.4. The third-order valence-electron chi connectivity index (χ3n) is 2.71. The van der Waals surface area contributed by atoms with Gasteiger partial charge in [0, 0.05) is 10.2 Å². The zero-order chi connectivity index (χ0) is 15.6. The Hall–Kier alpha value is -2.40. The van der Waals surface area contributed by atoms with Crippen LogP contribution in [0.2, 0.25) is 0 Å². The molecule has 2 aromatic carbocycles. The number of carbonyl (C=O) groups is 1. The van der Waals surface area contributed by atoms with Gasteiger partial charge in [0.2, 0.25) is 0 Å². The molecule has 0 fully saturated rings. The number of nitrogens with zero attached hydrogens (tertiary/aromatic N) is 1.